The van der Waals surface area contributed by atoms with Crippen molar-refractivity contribution in [2.75, 3.05) is 19.6 Å². The number of rotatable bonds is 10. The standard InChI is InChI=1S/C28H33FN4O5S/c1-19-4-3-5-25(12-19)39(36,37)33-11-10-31-27(17-33)28(35)26(32-20(2)34)15-22-13-23(29)16-24(14-22)38-18-21-6-8-30-9-7-21/h3-9,12-14,16,26-28,31,35H,10-11,15,17-18H2,1-2H3,(H,32,34)/t26-,27+,28-/m0/s1. The van der Waals surface area contributed by atoms with Crippen molar-refractivity contribution >= 4 is 15.9 Å². The number of hydrogen-bond donors (Lipinski definition) is 3. The van der Waals surface area contributed by atoms with Gasteiger partial charge in [0.15, 0.2) is 0 Å². The number of aryl methyl sites for hydroxylation is 1. The molecule has 0 saturated carbocycles. The molecule has 3 aromatic rings. The van der Waals surface area contributed by atoms with Crippen molar-refractivity contribution in [3.8, 4) is 5.75 Å². The van der Waals surface area contributed by atoms with E-state index in [1.54, 1.807) is 48.8 Å². The Labute approximate surface area is 228 Å². The van der Waals surface area contributed by atoms with Gasteiger partial charge in [-0.15, -0.1) is 0 Å². The molecular weight excluding hydrogens is 523 g/mol. The first kappa shape index (κ1) is 28.6. The highest BCUT2D eigenvalue weighted by Gasteiger charge is 2.36. The summed E-state index contributed by atoms with van der Waals surface area (Å²) in [6.07, 6.45) is 2.23. The van der Waals surface area contributed by atoms with Crippen molar-refractivity contribution in [1.29, 1.82) is 0 Å². The van der Waals surface area contributed by atoms with Crippen molar-refractivity contribution in [3.05, 3.63) is 89.5 Å². The normalized spacial score (nSPS) is 17.8. The molecule has 2 heterocycles. The highest BCUT2D eigenvalue weighted by atomic mass is 32.2. The minimum absolute atomic E-state index is 0.0109. The molecule has 2 aromatic carbocycles. The number of pyridine rings is 1. The Bertz CT molecular complexity index is 1390. The van der Waals surface area contributed by atoms with Gasteiger partial charge >= 0.3 is 0 Å². The maximum Gasteiger partial charge on any atom is 0.243 e. The van der Waals surface area contributed by atoms with Crippen LogP contribution in [0.5, 0.6) is 5.75 Å². The van der Waals surface area contributed by atoms with Gasteiger partial charge in [0.25, 0.3) is 0 Å². The van der Waals surface area contributed by atoms with Gasteiger partial charge in [-0.2, -0.15) is 4.31 Å². The van der Waals surface area contributed by atoms with Crippen molar-refractivity contribution < 1.29 is 27.4 Å². The number of ether oxygens (including phenoxy) is 1. The molecule has 1 amide bonds. The Morgan fingerprint density at radius 2 is 1.97 bits per heavy atom. The molecule has 1 aliphatic rings. The molecule has 0 radical (unpaired) electrons. The third kappa shape index (κ3) is 7.60. The molecule has 11 heteroatoms. The van der Waals surface area contributed by atoms with E-state index in [0.29, 0.717) is 17.9 Å². The first-order valence-corrected chi connectivity index (χ1v) is 14.1. The third-order valence-electron chi connectivity index (χ3n) is 6.55. The highest BCUT2D eigenvalue weighted by molar-refractivity contribution is 7.89. The van der Waals surface area contributed by atoms with E-state index in [1.165, 1.54) is 23.4 Å². The lowest BCUT2D eigenvalue weighted by Crippen LogP contribution is -2.61. The van der Waals surface area contributed by atoms with Gasteiger partial charge in [-0.1, -0.05) is 12.1 Å². The number of aromatic nitrogens is 1. The quantitative estimate of drug-likeness (QED) is 0.350. The second-order valence-electron chi connectivity index (χ2n) is 9.68. The summed E-state index contributed by atoms with van der Waals surface area (Å²) >= 11 is 0. The predicted molar refractivity (Wildman–Crippen MR) is 144 cm³/mol. The number of piperazine rings is 1. The van der Waals surface area contributed by atoms with Crippen LogP contribution in [-0.2, 0) is 27.8 Å². The van der Waals surface area contributed by atoms with Crippen molar-refractivity contribution in [1.82, 2.24) is 19.9 Å². The molecule has 3 N–H and O–H groups in total. The molecule has 39 heavy (non-hydrogen) atoms. The van der Waals surface area contributed by atoms with Crippen LogP contribution >= 0.6 is 0 Å². The summed E-state index contributed by atoms with van der Waals surface area (Å²) in [5, 5.41) is 17.2. The summed E-state index contributed by atoms with van der Waals surface area (Å²) in [5.74, 6) is -0.576. The summed E-state index contributed by atoms with van der Waals surface area (Å²) in [4.78, 5) is 16.2. The lowest BCUT2D eigenvalue weighted by Gasteiger charge is -2.38. The monoisotopic (exact) mass is 556 g/mol. The fourth-order valence-corrected chi connectivity index (χ4v) is 6.21. The SMILES string of the molecule is CC(=O)N[C@@H](Cc1cc(F)cc(OCc2ccncc2)c1)[C@H](O)[C@H]1CN(S(=O)(=O)c2cccc(C)c2)CCN1. The molecule has 1 fully saturated rings. The van der Waals surface area contributed by atoms with Gasteiger partial charge in [0, 0.05) is 51.1 Å². The van der Waals surface area contributed by atoms with Crippen LogP contribution < -0.4 is 15.4 Å². The van der Waals surface area contributed by atoms with Crippen LogP contribution in [0, 0.1) is 12.7 Å². The molecule has 0 aliphatic carbocycles. The Hall–Kier alpha value is -3.38. The average Bonchev–Trinajstić information content (AvgIpc) is 2.91. The topological polar surface area (TPSA) is 121 Å². The number of aliphatic hydroxyl groups is 1. The Morgan fingerprint density at radius 3 is 2.69 bits per heavy atom. The van der Waals surface area contributed by atoms with E-state index in [1.807, 2.05) is 13.0 Å². The van der Waals surface area contributed by atoms with Gasteiger partial charge in [-0.05, 0) is 66.4 Å². The minimum Gasteiger partial charge on any atom is -0.489 e. The molecule has 1 aromatic heterocycles. The van der Waals surface area contributed by atoms with E-state index in [0.717, 1.165) is 11.1 Å². The van der Waals surface area contributed by atoms with E-state index < -0.39 is 34.0 Å². The Kier molecular flexibility index (Phi) is 9.28. The maximum atomic E-state index is 14.5. The van der Waals surface area contributed by atoms with Crippen LogP contribution in [0.1, 0.15) is 23.6 Å². The van der Waals surface area contributed by atoms with Gasteiger partial charge in [-0.25, -0.2) is 12.8 Å². The molecule has 1 aliphatic heterocycles. The van der Waals surface area contributed by atoms with Crippen molar-refractivity contribution in [2.24, 2.45) is 0 Å². The van der Waals surface area contributed by atoms with E-state index in [2.05, 4.69) is 15.6 Å². The summed E-state index contributed by atoms with van der Waals surface area (Å²) in [7, 11) is -3.77. The summed E-state index contributed by atoms with van der Waals surface area (Å²) in [6, 6.07) is 13.0. The number of aliphatic hydroxyl groups excluding tert-OH is 1. The molecule has 0 spiro atoms. The number of nitrogens with one attached hydrogen (secondary N) is 2. The lowest BCUT2D eigenvalue weighted by atomic mass is 9.95. The van der Waals surface area contributed by atoms with Crippen LogP contribution in [0.2, 0.25) is 0 Å². The van der Waals surface area contributed by atoms with Crippen LogP contribution in [-0.4, -0.2) is 66.5 Å². The Morgan fingerprint density at radius 1 is 1.21 bits per heavy atom. The van der Waals surface area contributed by atoms with Gasteiger partial charge in [0.05, 0.1) is 17.0 Å². The molecule has 1 saturated heterocycles. The third-order valence-corrected chi connectivity index (χ3v) is 8.41. The summed E-state index contributed by atoms with van der Waals surface area (Å²) < 4.78 is 48.1. The van der Waals surface area contributed by atoms with E-state index in [-0.39, 0.29) is 36.9 Å². The zero-order valence-corrected chi connectivity index (χ0v) is 22.7. The van der Waals surface area contributed by atoms with Gasteiger partial charge in [0.2, 0.25) is 15.9 Å². The fraction of sp³-hybridized carbons (Fsp3) is 0.357. The zero-order valence-electron chi connectivity index (χ0n) is 21.9. The maximum absolute atomic E-state index is 14.5. The number of nitrogens with zero attached hydrogens (tertiary/aromatic N) is 2. The zero-order chi connectivity index (χ0) is 28.0. The summed E-state index contributed by atoms with van der Waals surface area (Å²) in [6.45, 7) is 3.96. The van der Waals surface area contributed by atoms with Gasteiger partial charge < -0.3 is 20.5 Å². The van der Waals surface area contributed by atoms with Crippen LogP contribution in [0.4, 0.5) is 4.39 Å². The number of amides is 1. The number of carbonyl (C=O) groups is 1. The number of hydrogen-bond acceptors (Lipinski definition) is 7. The average molecular weight is 557 g/mol. The van der Waals surface area contributed by atoms with Crippen LogP contribution in [0.3, 0.4) is 0 Å². The van der Waals surface area contributed by atoms with Gasteiger partial charge in [-0.3, -0.25) is 9.78 Å². The second kappa shape index (κ2) is 12.6. The van der Waals surface area contributed by atoms with Crippen molar-refractivity contribution in [3.63, 3.8) is 0 Å². The van der Waals surface area contributed by atoms with Crippen molar-refractivity contribution in [2.45, 2.75) is 50.0 Å². The van der Waals surface area contributed by atoms with Crippen LogP contribution in [0.15, 0.2) is 71.9 Å². The molecule has 3 atom stereocenters. The summed E-state index contributed by atoms with van der Waals surface area (Å²) in [5.41, 5.74) is 2.21. The smallest absolute Gasteiger partial charge is 0.243 e. The number of benzene rings is 2. The first-order chi connectivity index (χ1) is 18.6. The predicted octanol–water partition coefficient (Wildman–Crippen LogP) is 2.18. The number of carbonyl (C=O) groups excluding carboxylic acids is 1. The molecular formula is C28H33FN4O5S. The molecule has 4 rings (SSSR count). The molecule has 0 bridgehead atoms. The van der Waals surface area contributed by atoms with Crippen LogP contribution in [0.25, 0.3) is 0 Å². The van der Waals surface area contributed by atoms with E-state index in [9.17, 15) is 22.7 Å². The molecule has 208 valence electrons. The molecule has 0 unspecified atom stereocenters. The second-order valence-corrected chi connectivity index (χ2v) is 11.6. The fourth-order valence-electron chi connectivity index (χ4n) is 4.64. The first-order valence-electron chi connectivity index (χ1n) is 12.7. The van der Waals surface area contributed by atoms with Gasteiger partial charge in [0.1, 0.15) is 18.2 Å². The molecule has 9 nitrogen and oxygen atoms in total. The number of sulfonamides is 1. The Balaban J connectivity index is 1.49. The lowest BCUT2D eigenvalue weighted by molar-refractivity contribution is -0.120. The van der Waals surface area contributed by atoms with E-state index >= 15 is 0 Å². The number of halogens is 1. The largest absolute Gasteiger partial charge is 0.489 e. The minimum atomic E-state index is -3.77. The van der Waals surface area contributed by atoms with E-state index in [4.69, 9.17) is 4.74 Å². The highest BCUT2D eigenvalue weighted by Crippen LogP contribution is 2.23.